The van der Waals surface area contributed by atoms with E-state index in [0.29, 0.717) is 4.88 Å². The summed E-state index contributed by atoms with van der Waals surface area (Å²) in [6, 6.07) is 7.11. The molecular formula is C15H15N2O5S2-. The van der Waals surface area contributed by atoms with E-state index in [2.05, 4.69) is 5.32 Å². The van der Waals surface area contributed by atoms with Gasteiger partial charge in [0.15, 0.2) is 0 Å². The molecule has 0 saturated carbocycles. The molecule has 0 aliphatic rings. The van der Waals surface area contributed by atoms with Gasteiger partial charge in [-0.25, -0.2) is 12.7 Å². The predicted molar refractivity (Wildman–Crippen MR) is 88.7 cm³/mol. The Morgan fingerprint density at radius 1 is 1.21 bits per heavy atom. The quantitative estimate of drug-likeness (QED) is 0.846. The first-order valence-electron chi connectivity index (χ1n) is 6.79. The van der Waals surface area contributed by atoms with Gasteiger partial charge in [0.2, 0.25) is 10.0 Å². The number of nitrogens with zero attached hydrogens (tertiary/aromatic N) is 1. The Morgan fingerprint density at radius 3 is 2.42 bits per heavy atom. The van der Waals surface area contributed by atoms with Gasteiger partial charge in [-0.15, -0.1) is 11.3 Å². The average Bonchev–Trinajstić information content (AvgIpc) is 2.90. The molecular weight excluding hydrogens is 352 g/mol. The van der Waals surface area contributed by atoms with Crippen molar-refractivity contribution in [3.63, 3.8) is 0 Å². The second kappa shape index (κ2) is 6.71. The molecule has 2 rings (SSSR count). The van der Waals surface area contributed by atoms with Crippen molar-refractivity contribution in [2.24, 2.45) is 0 Å². The Hall–Kier alpha value is -2.23. The first kappa shape index (κ1) is 18.1. The second-order valence-electron chi connectivity index (χ2n) is 5.11. The zero-order valence-corrected chi connectivity index (χ0v) is 14.8. The van der Waals surface area contributed by atoms with E-state index in [4.69, 9.17) is 0 Å². The molecule has 7 nitrogen and oxygen atoms in total. The summed E-state index contributed by atoms with van der Waals surface area (Å²) in [4.78, 5) is 24.1. The average molecular weight is 367 g/mol. The van der Waals surface area contributed by atoms with Crippen LogP contribution in [0.15, 0.2) is 35.2 Å². The summed E-state index contributed by atoms with van der Waals surface area (Å²) in [5.41, 5.74) is -0.0640. The molecule has 1 aromatic heterocycles. The predicted octanol–water partition coefficient (Wildman–Crippen LogP) is 0.923. The number of para-hydroxylation sites is 1. The number of sulfonamides is 1. The molecule has 0 unspecified atom stereocenters. The van der Waals surface area contributed by atoms with E-state index >= 15 is 0 Å². The monoisotopic (exact) mass is 367 g/mol. The molecule has 2 aromatic rings. The van der Waals surface area contributed by atoms with Gasteiger partial charge in [-0.05, 0) is 19.1 Å². The molecule has 1 N–H and O–H groups in total. The third kappa shape index (κ3) is 3.48. The Morgan fingerprint density at radius 2 is 1.83 bits per heavy atom. The second-order valence-corrected chi connectivity index (χ2v) is 8.48. The highest BCUT2D eigenvalue weighted by Crippen LogP contribution is 2.28. The summed E-state index contributed by atoms with van der Waals surface area (Å²) in [5, 5.41) is 13.5. The number of carboxylic acids is 1. The van der Waals surface area contributed by atoms with Crippen LogP contribution in [0.4, 0.5) is 5.69 Å². The number of hydrogen-bond donors (Lipinski definition) is 1. The number of anilines is 1. The van der Waals surface area contributed by atoms with Gasteiger partial charge in [-0.1, -0.05) is 18.2 Å². The molecule has 0 fully saturated rings. The maximum atomic E-state index is 12.3. The Balaban J connectivity index is 2.35. The van der Waals surface area contributed by atoms with E-state index in [0.717, 1.165) is 15.6 Å². The van der Waals surface area contributed by atoms with Crippen LogP contribution in [0.3, 0.4) is 0 Å². The minimum Gasteiger partial charge on any atom is -0.545 e. The molecule has 0 saturated heterocycles. The van der Waals surface area contributed by atoms with E-state index in [1.807, 2.05) is 0 Å². The number of thiophene rings is 1. The van der Waals surface area contributed by atoms with Crippen LogP contribution in [0.25, 0.3) is 0 Å². The molecule has 24 heavy (non-hydrogen) atoms. The molecule has 128 valence electrons. The maximum absolute atomic E-state index is 12.3. The molecule has 9 heteroatoms. The van der Waals surface area contributed by atoms with Gasteiger partial charge in [0.1, 0.15) is 0 Å². The molecule has 0 spiro atoms. The van der Waals surface area contributed by atoms with Crippen LogP contribution in [0.2, 0.25) is 0 Å². The van der Waals surface area contributed by atoms with E-state index in [9.17, 15) is 23.1 Å². The number of aromatic carboxylic acids is 1. The van der Waals surface area contributed by atoms with Gasteiger partial charge in [0.25, 0.3) is 5.91 Å². The van der Waals surface area contributed by atoms with Gasteiger partial charge >= 0.3 is 0 Å². The van der Waals surface area contributed by atoms with Gasteiger partial charge in [0, 0.05) is 24.5 Å². The van der Waals surface area contributed by atoms with Crippen LogP contribution in [0, 0.1) is 6.92 Å². The summed E-state index contributed by atoms with van der Waals surface area (Å²) in [7, 11) is -0.845. The van der Waals surface area contributed by atoms with E-state index in [1.54, 1.807) is 13.0 Å². The topological polar surface area (TPSA) is 107 Å². The van der Waals surface area contributed by atoms with Crippen molar-refractivity contribution in [2.45, 2.75) is 11.8 Å². The minimum atomic E-state index is -3.66. The van der Waals surface area contributed by atoms with Crippen molar-refractivity contribution in [1.82, 2.24) is 4.31 Å². The number of nitrogens with one attached hydrogen (secondary N) is 1. The lowest BCUT2D eigenvalue weighted by atomic mass is 10.2. The summed E-state index contributed by atoms with van der Waals surface area (Å²) in [5.74, 6) is -2.00. The lowest BCUT2D eigenvalue weighted by molar-refractivity contribution is -0.254. The normalized spacial score (nSPS) is 11.5. The Bertz CT molecular complexity index is 900. The van der Waals surface area contributed by atoms with Gasteiger partial charge in [-0.2, -0.15) is 0 Å². The van der Waals surface area contributed by atoms with E-state index in [-0.39, 0.29) is 21.0 Å². The fraction of sp³-hybridized carbons (Fsp3) is 0.200. The smallest absolute Gasteiger partial charge is 0.265 e. The molecule has 0 aliphatic heterocycles. The molecule has 0 bridgehead atoms. The summed E-state index contributed by atoms with van der Waals surface area (Å²) in [6.45, 7) is 1.60. The highest BCUT2D eigenvalue weighted by atomic mass is 32.2. The molecule has 0 radical (unpaired) electrons. The standard InChI is InChI=1S/C15H16N2O5S2/c1-9-13(24(21,22)17(2)3)8-12(23-9)14(18)16-11-7-5-4-6-10(11)15(19)20/h4-8H,1-3H3,(H,16,18)(H,19,20)/p-1. The van der Waals surface area contributed by atoms with Gasteiger partial charge in [-0.3, -0.25) is 4.79 Å². The first-order valence-corrected chi connectivity index (χ1v) is 9.05. The lowest BCUT2D eigenvalue weighted by Gasteiger charge is -2.11. The highest BCUT2D eigenvalue weighted by molar-refractivity contribution is 7.89. The number of aryl methyl sites for hydroxylation is 1. The van der Waals surface area contributed by atoms with Crippen molar-refractivity contribution < 1.29 is 23.1 Å². The van der Waals surface area contributed by atoms with Crippen molar-refractivity contribution in [1.29, 1.82) is 0 Å². The van der Waals surface area contributed by atoms with Crippen LogP contribution in [0.1, 0.15) is 24.9 Å². The molecule has 0 aliphatic carbocycles. The highest BCUT2D eigenvalue weighted by Gasteiger charge is 2.24. The zero-order valence-electron chi connectivity index (χ0n) is 13.2. The number of carboxylic acid groups (broad SMARTS) is 1. The Kier molecular flexibility index (Phi) is 5.07. The Labute approximate surface area is 143 Å². The van der Waals surface area contributed by atoms with Crippen molar-refractivity contribution in [3.8, 4) is 0 Å². The van der Waals surface area contributed by atoms with Crippen LogP contribution >= 0.6 is 11.3 Å². The zero-order chi connectivity index (χ0) is 18.1. The first-order chi connectivity index (χ1) is 11.1. The minimum absolute atomic E-state index is 0.0517. The van der Waals surface area contributed by atoms with Gasteiger partial charge in [0.05, 0.1) is 21.4 Å². The molecule has 1 amide bonds. The summed E-state index contributed by atoms with van der Waals surface area (Å²) < 4.78 is 25.5. The van der Waals surface area contributed by atoms with Crippen LogP contribution in [0.5, 0.6) is 0 Å². The number of carbonyl (C=O) groups is 2. The number of carbonyl (C=O) groups excluding carboxylic acids is 2. The fourth-order valence-electron chi connectivity index (χ4n) is 1.98. The number of amides is 1. The number of rotatable bonds is 5. The summed E-state index contributed by atoms with van der Waals surface area (Å²) >= 11 is 1.02. The molecule has 1 heterocycles. The molecule has 1 aromatic carbocycles. The number of benzene rings is 1. The maximum Gasteiger partial charge on any atom is 0.265 e. The lowest BCUT2D eigenvalue weighted by Crippen LogP contribution is -2.24. The van der Waals surface area contributed by atoms with E-state index in [1.165, 1.54) is 38.4 Å². The van der Waals surface area contributed by atoms with Crippen LogP contribution in [-0.4, -0.2) is 38.7 Å². The molecule has 0 atom stereocenters. The SMILES string of the molecule is Cc1sc(C(=O)Nc2ccccc2C(=O)[O-])cc1S(=O)(=O)N(C)C. The summed E-state index contributed by atoms with van der Waals surface area (Å²) in [6.07, 6.45) is 0. The van der Waals surface area contributed by atoms with Crippen molar-refractivity contribution in [2.75, 3.05) is 19.4 Å². The van der Waals surface area contributed by atoms with Crippen molar-refractivity contribution in [3.05, 3.63) is 45.6 Å². The fourth-order valence-corrected chi connectivity index (χ4v) is 4.33. The third-order valence-corrected chi connectivity index (χ3v) is 6.37. The van der Waals surface area contributed by atoms with E-state index < -0.39 is 21.9 Å². The largest absolute Gasteiger partial charge is 0.545 e. The third-order valence-electron chi connectivity index (χ3n) is 3.25. The van der Waals surface area contributed by atoms with Crippen molar-refractivity contribution >= 4 is 38.9 Å². The van der Waals surface area contributed by atoms with Crippen LogP contribution in [-0.2, 0) is 10.0 Å². The van der Waals surface area contributed by atoms with Gasteiger partial charge < -0.3 is 15.2 Å². The van der Waals surface area contributed by atoms with Crippen LogP contribution < -0.4 is 10.4 Å². The number of hydrogen-bond acceptors (Lipinski definition) is 6.